The summed E-state index contributed by atoms with van der Waals surface area (Å²) in [6.45, 7) is 2.15. The van der Waals surface area contributed by atoms with Gasteiger partial charge in [-0.1, -0.05) is 13.3 Å². The quantitative estimate of drug-likeness (QED) is 0.744. The van der Waals surface area contributed by atoms with Crippen LogP contribution >= 0.6 is 0 Å². The van der Waals surface area contributed by atoms with E-state index < -0.39 is 11.6 Å². The van der Waals surface area contributed by atoms with E-state index in [9.17, 15) is 8.78 Å². The Morgan fingerprint density at radius 3 is 2.60 bits per heavy atom. The van der Waals surface area contributed by atoms with Crippen LogP contribution in [0.2, 0.25) is 0 Å². The Hall–Kier alpha value is -1.12. The van der Waals surface area contributed by atoms with Crippen LogP contribution in [0.1, 0.15) is 26.2 Å². The van der Waals surface area contributed by atoms with Gasteiger partial charge in [0.1, 0.15) is 5.75 Å². The summed E-state index contributed by atoms with van der Waals surface area (Å²) in [6.07, 6.45) is 3.39. The van der Waals surface area contributed by atoms with E-state index >= 15 is 0 Å². The summed E-state index contributed by atoms with van der Waals surface area (Å²) in [5.74, 6) is -0.519. The van der Waals surface area contributed by atoms with Crippen molar-refractivity contribution in [3.63, 3.8) is 0 Å². The second-order valence-electron chi connectivity index (χ2n) is 4.06. The zero-order valence-electron chi connectivity index (χ0n) is 8.67. The predicted octanol–water partition coefficient (Wildman–Crippen LogP) is 3.53. The lowest BCUT2D eigenvalue weighted by atomic mass is 9.80. The van der Waals surface area contributed by atoms with Crippen molar-refractivity contribution in [2.75, 3.05) is 0 Å². The molecule has 0 aromatic heterocycles. The maximum atomic E-state index is 12.8. The average Bonchev–Trinajstić information content (AvgIpc) is 2.16. The minimum absolute atomic E-state index is 0.180. The van der Waals surface area contributed by atoms with Crippen molar-refractivity contribution < 1.29 is 13.5 Å². The maximum absolute atomic E-state index is 12.8. The van der Waals surface area contributed by atoms with Crippen molar-refractivity contribution in [2.24, 2.45) is 5.92 Å². The SMILES string of the molecule is CCC1CC(Oc2ccc(F)c(F)c2)C1. The fraction of sp³-hybridized carbons (Fsp3) is 0.500. The molecular formula is C12H14F2O. The Bertz CT molecular complexity index is 345. The van der Waals surface area contributed by atoms with Gasteiger partial charge in [-0.3, -0.25) is 0 Å². The molecular weight excluding hydrogens is 198 g/mol. The third kappa shape index (κ3) is 2.28. The summed E-state index contributed by atoms with van der Waals surface area (Å²) in [7, 11) is 0. The highest BCUT2D eigenvalue weighted by atomic mass is 19.2. The molecule has 0 unspecified atom stereocenters. The van der Waals surface area contributed by atoms with Gasteiger partial charge >= 0.3 is 0 Å². The van der Waals surface area contributed by atoms with E-state index in [4.69, 9.17) is 4.74 Å². The molecule has 0 saturated heterocycles. The van der Waals surface area contributed by atoms with Gasteiger partial charge in [0.2, 0.25) is 0 Å². The third-order valence-corrected chi connectivity index (χ3v) is 2.96. The summed E-state index contributed by atoms with van der Waals surface area (Å²) in [5, 5.41) is 0. The Morgan fingerprint density at radius 2 is 2.00 bits per heavy atom. The maximum Gasteiger partial charge on any atom is 0.162 e. The zero-order chi connectivity index (χ0) is 10.8. The molecule has 3 heteroatoms. The van der Waals surface area contributed by atoms with Crippen LogP contribution in [0.15, 0.2) is 18.2 Å². The molecule has 15 heavy (non-hydrogen) atoms. The van der Waals surface area contributed by atoms with Gasteiger partial charge in [0.15, 0.2) is 11.6 Å². The third-order valence-electron chi connectivity index (χ3n) is 2.96. The molecule has 0 spiro atoms. The van der Waals surface area contributed by atoms with E-state index in [-0.39, 0.29) is 6.10 Å². The van der Waals surface area contributed by atoms with E-state index in [1.54, 1.807) is 0 Å². The van der Waals surface area contributed by atoms with Gasteiger partial charge in [0.05, 0.1) is 6.10 Å². The molecule has 0 N–H and O–H groups in total. The molecule has 1 nitrogen and oxygen atoms in total. The Labute approximate surface area is 88.1 Å². The van der Waals surface area contributed by atoms with E-state index in [1.807, 2.05) is 0 Å². The van der Waals surface area contributed by atoms with Crippen LogP contribution in [0, 0.1) is 17.6 Å². The normalized spacial score (nSPS) is 24.7. The van der Waals surface area contributed by atoms with Crippen molar-refractivity contribution >= 4 is 0 Å². The van der Waals surface area contributed by atoms with Crippen molar-refractivity contribution in [1.29, 1.82) is 0 Å². The summed E-state index contributed by atoms with van der Waals surface area (Å²) in [6, 6.07) is 3.67. The average molecular weight is 212 g/mol. The molecule has 82 valence electrons. The lowest BCUT2D eigenvalue weighted by Crippen LogP contribution is -2.33. The van der Waals surface area contributed by atoms with Crippen LogP contribution in [0.3, 0.4) is 0 Å². The standard InChI is InChI=1S/C12H14F2O/c1-2-8-5-10(6-8)15-9-3-4-11(13)12(14)7-9/h3-4,7-8,10H,2,5-6H2,1H3. The Balaban J connectivity index is 1.92. The van der Waals surface area contributed by atoms with Gasteiger partial charge in [0.25, 0.3) is 0 Å². The number of rotatable bonds is 3. The first-order valence-electron chi connectivity index (χ1n) is 5.30. The monoisotopic (exact) mass is 212 g/mol. The number of hydrogen-bond acceptors (Lipinski definition) is 1. The van der Waals surface area contributed by atoms with Gasteiger partial charge in [-0.15, -0.1) is 0 Å². The van der Waals surface area contributed by atoms with Gasteiger partial charge in [0, 0.05) is 6.07 Å². The van der Waals surface area contributed by atoms with Crippen LogP contribution in [0.5, 0.6) is 5.75 Å². The molecule has 0 heterocycles. The number of benzene rings is 1. The molecule has 0 aliphatic heterocycles. The molecule has 2 rings (SSSR count). The van der Waals surface area contributed by atoms with Crippen LogP contribution in [-0.2, 0) is 0 Å². The number of hydrogen-bond donors (Lipinski definition) is 0. The number of ether oxygens (including phenoxy) is 1. The summed E-state index contributed by atoms with van der Waals surface area (Å²) >= 11 is 0. The van der Waals surface area contributed by atoms with E-state index in [0.717, 1.165) is 37.3 Å². The van der Waals surface area contributed by atoms with Crippen molar-refractivity contribution in [3.8, 4) is 5.75 Å². The van der Waals surface area contributed by atoms with E-state index in [1.165, 1.54) is 6.07 Å². The first kappa shape index (κ1) is 10.4. The fourth-order valence-electron chi connectivity index (χ4n) is 1.85. The highest BCUT2D eigenvalue weighted by Gasteiger charge is 2.29. The van der Waals surface area contributed by atoms with Crippen molar-refractivity contribution in [1.82, 2.24) is 0 Å². The van der Waals surface area contributed by atoms with Crippen molar-refractivity contribution in [3.05, 3.63) is 29.8 Å². The van der Waals surface area contributed by atoms with Crippen LogP contribution in [0.4, 0.5) is 8.78 Å². The van der Waals surface area contributed by atoms with Crippen LogP contribution < -0.4 is 4.74 Å². The van der Waals surface area contributed by atoms with Gasteiger partial charge < -0.3 is 4.74 Å². The minimum atomic E-state index is -0.848. The molecule has 1 aromatic rings. The molecule has 0 bridgehead atoms. The highest BCUT2D eigenvalue weighted by Crippen LogP contribution is 2.33. The van der Waals surface area contributed by atoms with Gasteiger partial charge in [-0.2, -0.15) is 0 Å². The second kappa shape index (κ2) is 4.17. The van der Waals surface area contributed by atoms with Crippen LogP contribution in [0.25, 0.3) is 0 Å². The molecule has 0 atom stereocenters. The molecule has 1 aliphatic carbocycles. The first-order chi connectivity index (χ1) is 7.19. The van der Waals surface area contributed by atoms with Gasteiger partial charge in [-0.05, 0) is 30.9 Å². The minimum Gasteiger partial charge on any atom is -0.490 e. The second-order valence-corrected chi connectivity index (χ2v) is 4.06. The molecule has 0 radical (unpaired) electrons. The van der Waals surface area contributed by atoms with E-state index in [0.29, 0.717) is 5.75 Å². The van der Waals surface area contributed by atoms with E-state index in [2.05, 4.69) is 6.92 Å². The Morgan fingerprint density at radius 1 is 1.27 bits per heavy atom. The van der Waals surface area contributed by atoms with Crippen LogP contribution in [-0.4, -0.2) is 6.10 Å². The lowest BCUT2D eigenvalue weighted by Gasteiger charge is -2.34. The molecule has 0 amide bonds. The smallest absolute Gasteiger partial charge is 0.162 e. The summed E-state index contributed by atoms with van der Waals surface area (Å²) in [4.78, 5) is 0. The zero-order valence-corrected chi connectivity index (χ0v) is 8.67. The van der Waals surface area contributed by atoms with Crippen molar-refractivity contribution in [2.45, 2.75) is 32.3 Å². The largest absolute Gasteiger partial charge is 0.490 e. The lowest BCUT2D eigenvalue weighted by molar-refractivity contribution is 0.0627. The first-order valence-corrected chi connectivity index (χ1v) is 5.30. The topological polar surface area (TPSA) is 9.23 Å². The number of halogens is 2. The molecule has 1 aromatic carbocycles. The fourth-order valence-corrected chi connectivity index (χ4v) is 1.85. The molecule has 1 fully saturated rings. The Kier molecular flexibility index (Phi) is 2.89. The predicted molar refractivity (Wildman–Crippen MR) is 53.8 cm³/mol. The summed E-state index contributed by atoms with van der Waals surface area (Å²) in [5.41, 5.74) is 0. The summed E-state index contributed by atoms with van der Waals surface area (Å²) < 4.78 is 31.0. The van der Waals surface area contributed by atoms with Gasteiger partial charge in [-0.25, -0.2) is 8.78 Å². The molecule has 1 saturated carbocycles. The molecule has 1 aliphatic rings. The highest BCUT2D eigenvalue weighted by molar-refractivity contribution is 5.24.